The van der Waals surface area contributed by atoms with E-state index in [4.69, 9.17) is 16.3 Å². The summed E-state index contributed by atoms with van der Waals surface area (Å²) in [4.78, 5) is 24.7. The molecule has 1 aromatic heterocycles. The fourth-order valence-corrected chi connectivity index (χ4v) is 3.86. The molecule has 4 nitrogen and oxygen atoms in total. The van der Waals surface area contributed by atoms with Crippen LogP contribution in [-0.2, 0) is 9.53 Å². The van der Waals surface area contributed by atoms with Crippen molar-refractivity contribution in [1.82, 2.24) is 5.32 Å². The van der Waals surface area contributed by atoms with Crippen LogP contribution in [0.3, 0.4) is 0 Å². The summed E-state index contributed by atoms with van der Waals surface area (Å²) in [6, 6.07) is 16.9. The molecule has 1 N–H and O–H groups in total. The molecule has 0 aliphatic carbocycles. The molecule has 0 spiro atoms. The molecule has 0 fully saturated rings. The standard InChI is InChI=1S/C19H16ClNO3S/c1-12(13-7-3-2-4-8-13)24-16(22)11-21-19(23)18-17(20)14-9-5-6-10-15(14)25-18/h2-10,12H,11H2,1H3,(H,21,23). The van der Waals surface area contributed by atoms with Gasteiger partial charge < -0.3 is 10.1 Å². The van der Waals surface area contributed by atoms with Crippen molar-refractivity contribution in [2.24, 2.45) is 0 Å². The van der Waals surface area contributed by atoms with Gasteiger partial charge in [-0.05, 0) is 18.6 Å². The second-order valence-corrected chi connectivity index (χ2v) is 6.90. The van der Waals surface area contributed by atoms with Crippen molar-refractivity contribution in [1.29, 1.82) is 0 Å². The fraction of sp³-hybridized carbons (Fsp3) is 0.158. The summed E-state index contributed by atoms with van der Waals surface area (Å²) in [7, 11) is 0. The lowest BCUT2D eigenvalue weighted by Crippen LogP contribution is -2.30. The van der Waals surface area contributed by atoms with Crippen LogP contribution in [-0.4, -0.2) is 18.4 Å². The average Bonchev–Trinajstić information content (AvgIpc) is 2.97. The normalized spacial score (nSPS) is 11.9. The third-order valence-corrected chi connectivity index (χ3v) is 5.39. The molecular formula is C19H16ClNO3S. The van der Waals surface area contributed by atoms with Gasteiger partial charge in [-0.2, -0.15) is 0 Å². The summed E-state index contributed by atoms with van der Waals surface area (Å²) in [5.74, 6) is -0.877. The van der Waals surface area contributed by atoms with Gasteiger partial charge in [0.05, 0.1) is 5.02 Å². The number of halogens is 1. The number of carbonyl (C=O) groups is 2. The molecule has 0 bridgehead atoms. The smallest absolute Gasteiger partial charge is 0.326 e. The topological polar surface area (TPSA) is 55.4 Å². The van der Waals surface area contributed by atoms with E-state index in [1.165, 1.54) is 11.3 Å². The maximum Gasteiger partial charge on any atom is 0.326 e. The Labute approximate surface area is 154 Å². The van der Waals surface area contributed by atoms with E-state index in [0.717, 1.165) is 15.6 Å². The number of nitrogens with one attached hydrogen (secondary N) is 1. The molecule has 128 valence electrons. The van der Waals surface area contributed by atoms with E-state index in [1.54, 1.807) is 6.92 Å². The summed E-state index contributed by atoms with van der Waals surface area (Å²) >= 11 is 7.56. The van der Waals surface area contributed by atoms with Gasteiger partial charge in [0.25, 0.3) is 5.91 Å². The highest BCUT2D eigenvalue weighted by molar-refractivity contribution is 7.21. The Balaban J connectivity index is 1.60. The maximum atomic E-state index is 12.3. The maximum absolute atomic E-state index is 12.3. The van der Waals surface area contributed by atoms with Gasteiger partial charge in [0, 0.05) is 10.1 Å². The second-order valence-electron chi connectivity index (χ2n) is 5.47. The third kappa shape index (κ3) is 4.00. The number of esters is 1. The minimum atomic E-state index is -0.498. The molecule has 0 aliphatic heterocycles. The van der Waals surface area contributed by atoms with Gasteiger partial charge in [0.1, 0.15) is 17.5 Å². The number of rotatable bonds is 5. The highest BCUT2D eigenvalue weighted by atomic mass is 35.5. The Bertz CT molecular complexity index is 907. The monoisotopic (exact) mass is 373 g/mol. The van der Waals surface area contributed by atoms with Gasteiger partial charge in [-0.25, -0.2) is 0 Å². The Morgan fingerprint density at radius 1 is 1.12 bits per heavy atom. The van der Waals surface area contributed by atoms with E-state index in [0.29, 0.717) is 9.90 Å². The molecule has 1 atom stereocenters. The molecule has 1 amide bonds. The van der Waals surface area contributed by atoms with E-state index in [9.17, 15) is 9.59 Å². The van der Waals surface area contributed by atoms with Crippen molar-refractivity contribution in [3.63, 3.8) is 0 Å². The number of benzene rings is 2. The number of hydrogen-bond acceptors (Lipinski definition) is 4. The number of hydrogen-bond donors (Lipinski definition) is 1. The van der Waals surface area contributed by atoms with Crippen LogP contribution in [0.4, 0.5) is 0 Å². The number of amides is 1. The lowest BCUT2D eigenvalue weighted by molar-refractivity contribution is -0.147. The summed E-state index contributed by atoms with van der Waals surface area (Å²) in [5.41, 5.74) is 0.898. The minimum absolute atomic E-state index is 0.208. The van der Waals surface area contributed by atoms with E-state index >= 15 is 0 Å². The molecule has 3 aromatic rings. The van der Waals surface area contributed by atoms with Crippen molar-refractivity contribution in [3.8, 4) is 0 Å². The molecule has 1 unspecified atom stereocenters. The average molecular weight is 374 g/mol. The van der Waals surface area contributed by atoms with Gasteiger partial charge >= 0.3 is 5.97 Å². The van der Waals surface area contributed by atoms with Crippen LogP contribution < -0.4 is 5.32 Å². The van der Waals surface area contributed by atoms with Crippen LogP contribution in [0.15, 0.2) is 54.6 Å². The molecule has 6 heteroatoms. The van der Waals surface area contributed by atoms with Crippen LogP contribution in [0.25, 0.3) is 10.1 Å². The van der Waals surface area contributed by atoms with E-state index in [2.05, 4.69) is 5.32 Å². The SMILES string of the molecule is CC(OC(=O)CNC(=O)c1sc2ccccc2c1Cl)c1ccccc1. The lowest BCUT2D eigenvalue weighted by atomic mass is 10.1. The first-order valence-electron chi connectivity index (χ1n) is 7.76. The summed E-state index contributed by atoms with van der Waals surface area (Å²) in [6.07, 6.45) is -0.376. The van der Waals surface area contributed by atoms with E-state index in [1.807, 2.05) is 54.6 Å². The number of thiophene rings is 1. The van der Waals surface area contributed by atoms with E-state index in [-0.39, 0.29) is 18.6 Å². The highest BCUT2D eigenvalue weighted by Gasteiger charge is 2.18. The molecule has 3 rings (SSSR count). The van der Waals surface area contributed by atoms with Crippen LogP contribution in [0.1, 0.15) is 28.3 Å². The Hall–Kier alpha value is -2.37. The number of carbonyl (C=O) groups excluding carboxylic acids is 2. The number of ether oxygens (including phenoxy) is 1. The highest BCUT2D eigenvalue weighted by Crippen LogP contribution is 2.34. The Morgan fingerprint density at radius 2 is 1.80 bits per heavy atom. The second kappa shape index (κ2) is 7.68. The summed E-state index contributed by atoms with van der Waals surface area (Å²) in [6.45, 7) is 1.58. The van der Waals surface area contributed by atoms with Crippen molar-refractivity contribution in [3.05, 3.63) is 70.1 Å². The van der Waals surface area contributed by atoms with Gasteiger partial charge in [0.2, 0.25) is 0 Å². The molecule has 0 saturated heterocycles. The summed E-state index contributed by atoms with van der Waals surface area (Å²) in [5, 5.41) is 3.81. The zero-order valence-corrected chi connectivity index (χ0v) is 15.1. The van der Waals surface area contributed by atoms with Gasteiger partial charge in [0.15, 0.2) is 0 Å². The Morgan fingerprint density at radius 3 is 2.52 bits per heavy atom. The van der Waals surface area contributed by atoms with Crippen LogP contribution >= 0.6 is 22.9 Å². The molecule has 1 heterocycles. The van der Waals surface area contributed by atoms with Crippen LogP contribution in [0.5, 0.6) is 0 Å². The zero-order chi connectivity index (χ0) is 17.8. The first-order chi connectivity index (χ1) is 12.1. The predicted octanol–water partition coefficient (Wildman–Crippen LogP) is 4.59. The fourth-order valence-electron chi connectivity index (χ4n) is 2.42. The first kappa shape index (κ1) is 17.5. The quantitative estimate of drug-likeness (QED) is 0.665. The zero-order valence-electron chi connectivity index (χ0n) is 13.5. The van der Waals surface area contributed by atoms with E-state index < -0.39 is 5.97 Å². The molecule has 0 radical (unpaired) electrons. The predicted molar refractivity (Wildman–Crippen MR) is 100 cm³/mol. The molecular weight excluding hydrogens is 358 g/mol. The largest absolute Gasteiger partial charge is 0.456 e. The third-order valence-electron chi connectivity index (χ3n) is 3.71. The van der Waals surface area contributed by atoms with Crippen molar-refractivity contribution >= 4 is 44.9 Å². The minimum Gasteiger partial charge on any atom is -0.456 e. The summed E-state index contributed by atoms with van der Waals surface area (Å²) < 4.78 is 6.26. The molecule has 2 aromatic carbocycles. The Kier molecular flexibility index (Phi) is 5.36. The van der Waals surface area contributed by atoms with Crippen molar-refractivity contribution < 1.29 is 14.3 Å². The van der Waals surface area contributed by atoms with Crippen LogP contribution in [0, 0.1) is 0 Å². The van der Waals surface area contributed by atoms with Gasteiger partial charge in [-0.1, -0.05) is 60.1 Å². The van der Waals surface area contributed by atoms with Crippen molar-refractivity contribution in [2.45, 2.75) is 13.0 Å². The lowest BCUT2D eigenvalue weighted by Gasteiger charge is -2.13. The number of fused-ring (bicyclic) bond motifs is 1. The van der Waals surface area contributed by atoms with Crippen molar-refractivity contribution in [2.75, 3.05) is 6.54 Å². The van der Waals surface area contributed by atoms with Gasteiger partial charge in [-0.15, -0.1) is 11.3 Å². The van der Waals surface area contributed by atoms with Crippen LogP contribution in [0.2, 0.25) is 5.02 Å². The van der Waals surface area contributed by atoms with Gasteiger partial charge in [-0.3, -0.25) is 9.59 Å². The molecule has 0 aliphatic rings. The molecule has 0 saturated carbocycles. The first-order valence-corrected chi connectivity index (χ1v) is 8.95. The molecule has 25 heavy (non-hydrogen) atoms.